The number of aromatic nitrogens is 2. The normalized spacial score (nSPS) is 19.9. The standard InChI is InChI=1S/C27H28FN5O2/c1-27(2)26(35)33(15-16-13-32(14-16)25(34)17-4-5-17)24(30-27)21-8-6-19(11-22(21)28)18-7-9-23-20(10-18)12-29-31(23)3/h6-12,16-17H,4-5,13-15H2,1-3H3. The number of amidine groups is 1. The van der Waals surface area contributed by atoms with E-state index in [0.29, 0.717) is 31.0 Å². The number of fused-ring (bicyclic) bond motifs is 1. The third-order valence-electron chi connectivity index (χ3n) is 7.34. The van der Waals surface area contributed by atoms with E-state index < -0.39 is 11.4 Å². The van der Waals surface area contributed by atoms with Crippen LogP contribution in [0.15, 0.2) is 47.6 Å². The molecule has 0 N–H and O–H groups in total. The quantitative estimate of drug-likeness (QED) is 0.568. The van der Waals surface area contributed by atoms with Crippen LogP contribution in [0.5, 0.6) is 0 Å². The molecule has 3 heterocycles. The van der Waals surface area contributed by atoms with Gasteiger partial charge in [-0.2, -0.15) is 5.10 Å². The zero-order valence-electron chi connectivity index (χ0n) is 20.2. The molecule has 0 radical (unpaired) electrons. The second-order valence-corrected chi connectivity index (χ2v) is 10.5. The maximum Gasteiger partial charge on any atom is 0.255 e. The van der Waals surface area contributed by atoms with Crippen LogP contribution in [0, 0.1) is 17.7 Å². The van der Waals surface area contributed by atoms with Gasteiger partial charge in [-0.05, 0) is 62.1 Å². The molecule has 3 aliphatic rings. The Morgan fingerprint density at radius 2 is 1.83 bits per heavy atom. The van der Waals surface area contributed by atoms with Crippen LogP contribution in [0.4, 0.5) is 4.39 Å². The Morgan fingerprint density at radius 3 is 2.54 bits per heavy atom. The number of amides is 2. The van der Waals surface area contributed by atoms with E-state index in [1.54, 1.807) is 35.7 Å². The van der Waals surface area contributed by atoms with Crippen molar-refractivity contribution >= 4 is 28.6 Å². The molecule has 35 heavy (non-hydrogen) atoms. The minimum atomic E-state index is -0.945. The highest BCUT2D eigenvalue weighted by atomic mass is 19.1. The fourth-order valence-corrected chi connectivity index (χ4v) is 5.11. The Hall–Kier alpha value is -3.55. The summed E-state index contributed by atoms with van der Waals surface area (Å²) in [6.07, 6.45) is 3.77. The van der Waals surface area contributed by atoms with Gasteiger partial charge in [-0.25, -0.2) is 4.39 Å². The molecule has 180 valence electrons. The lowest BCUT2D eigenvalue weighted by atomic mass is 9.97. The van der Waals surface area contributed by atoms with E-state index in [0.717, 1.165) is 34.9 Å². The van der Waals surface area contributed by atoms with Crippen molar-refractivity contribution in [2.75, 3.05) is 19.6 Å². The summed E-state index contributed by atoms with van der Waals surface area (Å²) >= 11 is 0. The predicted molar refractivity (Wildman–Crippen MR) is 131 cm³/mol. The highest BCUT2D eigenvalue weighted by Crippen LogP contribution is 2.35. The first-order valence-electron chi connectivity index (χ1n) is 12.1. The molecule has 6 rings (SSSR count). The minimum Gasteiger partial charge on any atom is -0.342 e. The Kier molecular flexibility index (Phi) is 4.85. The van der Waals surface area contributed by atoms with E-state index in [2.05, 4.69) is 10.1 Å². The van der Waals surface area contributed by atoms with Crippen molar-refractivity contribution in [1.82, 2.24) is 19.6 Å². The van der Waals surface area contributed by atoms with Crippen LogP contribution < -0.4 is 0 Å². The summed E-state index contributed by atoms with van der Waals surface area (Å²) < 4.78 is 17.3. The molecule has 1 aliphatic carbocycles. The van der Waals surface area contributed by atoms with Crippen molar-refractivity contribution in [2.24, 2.45) is 23.9 Å². The summed E-state index contributed by atoms with van der Waals surface area (Å²) in [5, 5.41) is 5.26. The summed E-state index contributed by atoms with van der Waals surface area (Å²) in [4.78, 5) is 33.5. The molecule has 3 aromatic rings. The van der Waals surface area contributed by atoms with Crippen LogP contribution in [0.3, 0.4) is 0 Å². The van der Waals surface area contributed by atoms with Gasteiger partial charge in [0.05, 0.1) is 17.3 Å². The molecule has 1 saturated carbocycles. The van der Waals surface area contributed by atoms with E-state index in [1.165, 1.54) is 6.07 Å². The van der Waals surface area contributed by atoms with E-state index in [9.17, 15) is 9.59 Å². The molecule has 0 spiro atoms. The van der Waals surface area contributed by atoms with Gasteiger partial charge in [0.1, 0.15) is 17.2 Å². The first-order chi connectivity index (χ1) is 16.7. The summed E-state index contributed by atoms with van der Waals surface area (Å²) in [6, 6.07) is 11.0. The van der Waals surface area contributed by atoms with Gasteiger partial charge in [-0.1, -0.05) is 12.1 Å². The lowest BCUT2D eigenvalue weighted by molar-refractivity contribution is -0.140. The molecule has 1 aromatic heterocycles. The Morgan fingerprint density at radius 1 is 1.11 bits per heavy atom. The van der Waals surface area contributed by atoms with Gasteiger partial charge in [-0.15, -0.1) is 0 Å². The number of hydrogen-bond acceptors (Lipinski definition) is 4. The average molecular weight is 474 g/mol. The molecule has 0 unspecified atom stereocenters. The third-order valence-corrected chi connectivity index (χ3v) is 7.34. The van der Waals surface area contributed by atoms with Gasteiger partial charge in [0, 0.05) is 43.9 Å². The van der Waals surface area contributed by atoms with Crippen LogP contribution in [0.1, 0.15) is 32.3 Å². The van der Waals surface area contributed by atoms with Gasteiger partial charge >= 0.3 is 0 Å². The van der Waals surface area contributed by atoms with Crippen LogP contribution in [-0.2, 0) is 16.6 Å². The van der Waals surface area contributed by atoms with Crippen LogP contribution >= 0.6 is 0 Å². The third kappa shape index (κ3) is 3.72. The Balaban J connectivity index is 1.25. The second kappa shape index (κ2) is 7.73. The lowest BCUT2D eigenvalue weighted by Crippen LogP contribution is -2.55. The highest BCUT2D eigenvalue weighted by molar-refractivity contribution is 6.15. The van der Waals surface area contributed by atoms with E-state index in [4.69, 9.17) is 0 Å². The SMILES string of the molecule is Cn1ncc2cc(-c3ccc(C4=NC(C)(C)C(=O)N4CC4CN(C(=O)C5CC5)C4)c(F)c3)ccc21. The zero-order valence-corrected chi connectivity index (χ0v) is 20.2. The largest absolute Gasteiger partial charge is 0.342 e. The van der Waals surface area contributed by atoms with Crippen LogP contribution in [0.2, 0.25) is 0 Å². The molecule has 2 amide bonds. The zero-order chi connectivity index (χ0) is 24.5. The number of carbonyl (C=O) groups is 2. The molecular weight excluding hydrogens is 445 g/mol. The van der Waals surface area contributed by atoms with E-state index in [1.807, 2.05) is 36.2 Å². The molecule has 2 aliphatic heterocycles. The van der Waals surface area contributed by atoms with Gasteiger partial charge < -0.3 is 4.90 Å². The van der Waals surface area contributed by atoms with E-state index >= 15 is 4.39 Å². The summed E-state index contributed by atoms with van der Waals surface area (Å²) in [5.74, 6) is 0.432. The molecule has 2 aromatic carbocycles. The predicted octanol–water partition coefficient (Wildman–Crippen LogP) is 3.62. The van der Waals surface area contributed by atoms with Crippen molar-refractivity contribution in [2.45, 2.75) is 32.2 Å². The minimum absolute atomic E-state index is 0.134. The van der Waals surface area contributed by atoms with Gasteiger partial charge in [0.25, 0.3) is 5.91 Å². The highest BCUT2D eigenvalue weighted by Gasteiger charge is 2.45. The van der Waals surface area contributed by atoms with Crippen LogP contribution in [0.25, 0.3) is 22.0 Å². The maximum atomic E-state index is 15.5. The number of likely N-dealkylation sites (tertiary alicyclic amines) is 1. The summed E-state index contributed by atoms with van der Waals surface area (Å²) in [5.41, 5.74) is 2.03. The van der Waals surface area contributed by atoms with Gasteiger partial charge in [0.15, 0.2) is 0 Å². The number of carbonyl (C=O) groups excluding carboxylic acids is 2. The topological polar surface area (TPSA) is 70.8 Å². The van der Waals surface area contributed by atoms with Crippen LogP contribution in [-0.4, -0.2) is 62.4 Å². The van der Waals surface area contributed by atoms with Crippen molar-refractivity contribution in [3.8, 4) is 11.1 Å². The Bertz CT molecular complexity index is 1400. The fourth-order valence-electron chi connectivity index (χ4n) is 5.11. The monoisotopic (exact) mass is 473 g/mol. The number of halogens is 1. The smallest absolute Gasteiger partial charge is 0.255 e. The molecule has 7 nitrogen and oxygen atoms in total. The molecular formula is C27H28FN5O2. The number of benzene rings is 2. The van der Waals surface area contributed by atoms with Crippen molar-refractivity contribution in [3.63, 3.8) is 0 Å². The molecule has 0 atom stereocenters. The van der Waals surface area contributed by atoms with Crippen molar-refractivity contribution in [3.05, 3.63) is 54.0 Å². The van der Waals surface area contributed by atoms with Crippen molar-refractivity contribution in [1.29, 1.82) is 0 Å². The first-order valence-corrected chi connectivity index (χ1v) is 12.1. The second-order valence-electron chi connectivity index (χ2n) is 10.5. The fraction of sp³-hybridized carbons (Fsp3) is 0.407. The maximum absolute atomic E-state index is 15.5. The molecule has 2 fully saturated rings. The molecule has 1 saturated heterocycles. The summed E-state index contributed by atoms with van der Waals surface area (Å²) in [6.45, 7) is 5.24. The first kappa shape index (κ1) is 21.9. The van der Waals surface area contributed by atoms with E-state index in [-0.39, 0.29) is 23.7 Å². The summed E-state index contributed by atoms with van der Waals surface area (Å²) in [7, 11) is 1.89. The average Bonchev–Trinajstić information content (AvgIpc) is 3.55. The number of hydrogen-bond donors (Lipinski definition) is 0. The molecule has 8 heteroatoms. The number of aryl methyl sites for hydroxylation is 1. The van der Waals surface area contributed by atoms with Gasteiger partial charge in [-0.3, -0.25) is 24.2 Å². The number of aliphatic imine (C=N–C) groups is 1. The Labute approximate surface area is 203 Å². The van der Waals surface area contributed by atoms with Gasteiger partial charge in [0.2, 0.25) is 5.91 Å². The lowest BCUT2D eigenvalue weighted by Gasteiger charge is -2.41. The number of nitrogens with zero attached hydrogens (tertiary/aromatic N) is 5. The number of rotatable bonds is 5. The van der Waals surface area contributed by atoms with Crippen molar-refractivity contribution < 1.29 is 14.0 Å². The molecule has 0 bridgehead atoms.